The first-order valence-corrected chi connectivity index (χ1v) is 4.98. The van der Waals surface area contributed by atoms with Gasteiger partial charge in [0, 0.05) is 0 Å². The van der Waals surface area contributed by atoms with Crippen LogP contribution in [0.15, 0.2) is 42.5 Å². The molecular weight excluding hydrogens is 207 g/mol. The normalized spacial score (nSPS) is 16.5. The predicted molar refractivity (Wildman–Crippen MR) is 58.2 cm³/mol. The van der Waals surface area contributed by atoms with Crippen LogP contribution in [0.25, 0.3) is 11.1 Å². The van der Waals surface area contributed by atoms with Crippen LogP contribution >= 0.6 is 0 Å². The number of hydrogen-bond donors (Lipinski definition) is 0. The van der Waals surface area contributed by atoms with Gasteiger partial charge in [-0.1, -0.05) is 36.8 Å². The fourth-order valence-corrected chi connectivity index (χ4v) is 2.32. The standard InChI is InChI=1S/C14H11.K/c1-10-11-6-2-4-8-13(11)14-9-5-3-7-12(10)14;/h2-6,8-10H,1H3;/q-1;+1. The summed E-state index contributed by atoms with van der Waals surface area (Å²) < 4.78 is 0. The van der Waals surface area contributed by atoms with Crippen LogP contribution in [0.3, 0.4) is 0 Å². The van der Waals surface area contributed by atoms with Gasteiger partial charge in [-0.05, 0) is 11.5 Å². The molecule has 0 fully saturated rings. The van der Waals surface area contributed by atoms with Gasteiger partial charge in [-0.15, -0.1) is 11.1 Å². The zero-order chi connectivity index (χ0) is 9.54. The molecule has 0 saturated carbocycles. The number of benzene rings is 2. The van der Waals surface area contributed by atoms with E-state index in [0.29, 0.717) is 5.92 Å². The summed E-state index contributed by atoms with van der Waals surface area (Å²) in [6.07, 6.45) is 0. The van der Waals surface area contributed by atoms with Crippen molar-refractivity contribution in [3.05, 3.63) is 59.7 Å². The largest absolute Gasteiger partial charge is 1.00 e. The molecule has 0 amide bonds. The van der Waals surface area contributed by atoms with Crippen LogP contribution in [0.5, 0.6) is 0 Å². The van der Waals surface area contributed by atoms with Gasteiger partial charge in [0.05, 0.1) is 0 Å². The monoisotopic (exact) mass is 218 g/mol. The van der Waals surface area contributed by atoms with E-state index in [9.17, 15) is 0 Å². The maximum atomic E-state index is 3.35. The first kappa shape index (κ1) is 11.6. The Balaban J connectivity index is 0.000000853. The molecule has 1 atom stereocenters. The second-order valence-corrected chi connectivity index (χ2v) is 3.81. The average Bonchev–Trinajstić information content (AvgIpc) is 2.55. The molecular formula is C14H11K. The fraction of sp³-hybridized carbons (Fsp3) is 0.143. The van der Waals surface area contributed by atoms with Crippen molar-refractivity contribution < 1.29 is 51.4 Å². The van der Waals surface area contributed by atoms with Crippen LogP contribution < -0.4 is 51.4 Å². The van der Waals surface area contributed by atoms with Gasteiger partial charge in [0.2, 0.25) is 0 Å². The SMILES string of the molecule is CC1c2[c-]cccc2-c2ccccc21.[K+]. The molecule has 0 nitrogen and oxygen atoms in total. The summed E-state index contributed by atoms with van der Waals surface area (Å²) in [4.78, 5) is 0. The zero-order valence-electron chi connectivity index (χ0n) is 9.12. The van der Waals surface area contributed by atoms with E-state index < -0.39 is 0 Å². The third-order valence-corrected chi connectivity index (χ3v) is 3.04. The Bertz CT molecular complexity index is 443. The molecule has 1 aliphatic carbocycles. The second-order valence-electron chi connectivity index (χ2n) is 3.81. The summed E-state index contributed by atoms with van der Waals surface area (Å²) in [5.74, 6) is 0.502. The molecule has 0 spiro atoms. The van der Waals surface area contributed by atoms with Crippen LogP contribution in [0.4, 0.5) is 0 Å². The van der Waals surface area contributed by atoms with Gasteiger partial charge in [0.25, 0.3) is 0 Å². The summed E-state index contributed by atoms with van der Waals surface area (Å²) in [7, 11) is 0. The fourth-order valence-electron chi connectivity index (χ4n) is 2.32. The minimum absolute atomic E-state index is 0. The van der Waals surface area contributed by atoms with Crippen LogP contribution in [-0.4, -0.2) is 0 Å². The molecule has 0 aromatic heterocycles. The van der Waals surface area contributed by atoms with Crippen LogP contribution in [0, 0.1) is 6.07 Å². The molecule has 0 aliphatic heterocycles. The van der Waals surface area contributed by atoms with Gasteiger partial charge in [-0.2, -0.15) is 24.3 Å². The second kappa shape index (κ2) is 4.52. The van der Waals surface area contributed by atoms with E-state index in [1.807, 2.05) is 6.07 Å². The minimum Gasteiger partial charge on any atom is -0.179 e. The molecule has 1 heteroatoms. The molecule has 2 aromatic rings. The summed E-state index contributed by atoms with van der Waals surface area (Å²) in [6.45, 7) is 2.25. The smallest absolute Gasteiger partial charge is 0.179 e. The Hall–Kier alpha value is 0.0764. The molecule has 1 aliphatic rings. The summed E-state index contributed by atoms with van der Waals surface area (Å²) in [5, 5.41) is 0. The Morgan fingerprint density at radius 1 is 1.00 bits per heavy atom. The Morgan fingerprint density at radius 2 is 1.73 bits per heavy atom. The van der Waals surface area contributed by atoms with Crippen molar-refractivity contribution in [1.82, 2.24) is 0 Å². The maximum Gasteiger partial charge on any atom is 1.00 e. The van der Waals surface area contributed by atoms with Crippen LogP contribution in [0.1, 0.15) is 24.0 Å². The molecule has 3 rings (SSSR count). The van der Waals surface area contributed by atoms with Gasteiger partial charge in [-0.25, -0.2) is 0 Å². The van der Waals surface area contributed by atoms with Crippen molar-refractivity contribution in [3.8, 4) is 11.1 Å². The quantitative estimate of drug-likeness (QED) is 0.449. The van der Waals surface area contributed by atoms with E-state index >= 15 is 0 Å². The van der Waals surface area contributed by atoms with Crippen molar-refractivity contribution in [2.45, 2.75) is 12.8 Å². The van der Waals surface area contributed by atoms with Crippen LogP contribution in [-0.2, 0) is 0 Å². The molecule has 68 valence electrons. The third-order valence-electron chi connectivity index (χ3n) is 3.04. The van der Waals surface area contributed by atoms with E-state index in [4.69, 9.17) is 0 Å². The van der Waals surface area contributed by atoms with Crippen molar-refractivity contribution in [2.24, 2.45) is 0 Å². The van der Waals surface area contributed by atoms with E-state index in [1.54, 1.807) is 0 Å². The minimum atomic E-state index is 0. The third kappa shape index (κ3) is 1.77. The topological polar surface area (TPSA) is 0 Å². The van der Waals surface area contributed by atoms with Crippen molar-refractivity contribution in [2.75, 3.05) is 0 Å². The molecule has 15 heavy (non-hydrogen) atoms. The molecule has 0 heterocycles. The van der Waals surface area contributed by atoms with E-state index in [0.717, 1.165) is 0 Å². The predicted octanol–water partition coefficient (Wildman–Crippen LogP) is 0.623. The van der Waals surface area contributed by atoms with Crippen molar-refractivity contribution >= 4 is 0 Å². The first-order valence-electron chi connectivity index (χ1n) is 4.98. The summed E-state index contributed by atoms with van der Waals surface area (Å²) in [5.41, 5.74) is 5.51. The average molecular weight is 218 g/mol. The Morgan fingerprint density at radius 3 is 2.60 bits per heavy atom. The van der Waals surface area contributed by atoms with E-state index in [2.05, 4.69) is 49.4 Å². The molecule has 0 bridgehead atoms. The molecule has 0 N–H and O–H groups in total. The Kier molecular flexibility index (Phi) is 3.48. The van der Waals surface area contributed by atoms with Crippen LogP contribution in [0.2, 0.25) is 0 Å². The van der Waals surface area contributed by atoms with Crippen molar-refractivity contribution in [3.63, 3.8) is 0 Å². The number of rotatable bonds is 0. The van der Waals surface area contributed by atoms with E-state index in [1.165, 1.54) is 22.3 Å². The summed E-state index contributed by atoms with van der Waals surface area (Å²) in [6, 6.07) is 18.2. The van der Waals surface area contributed by atoms with Crippen molar-refractivity contribution in [1.29, 1.82) is 0 Å². The first-order chi connectivity index (χ1) is 6.88. The Labute approximate surface area is 133 Å². The van der Waals surface area contributed by atoms with Gasteiger partial charge in [0.15, 0.2) is 0 Å². The van der Waals surface area contributed by atoms with Gasteiger partial charge >= 0.3 is 51.4 Å². The van der Waals surface area contributed by atoms with Gasteiger partial charge in [0.1, 0.15) is 0 Å². The van der Waals surface area contributed by atoms with Gasteiger partial charge < -0.3 is 0 Å². The molecule has 1 unspecified atom stereocenters. The van der Waals surface area contributed by atoms with Gasteiger partial charge in [-0.3, -0.25) is 0 Å². The molecule has 0 radical (unpaired) electrons. The summed E-state index contributed by atoms with van der Waals surface area (Å²) >= 11 is 0. The number of hydrogen-bond acceptors (Lipinski definition) is 0. The van der Waals surface area contributed by atoms with E-state index in [-0.39, 0.29) is 51.4 Å². The molecule has 2 aromatic carbocycles. The zero-order valence-corrected chi connectivity index (χ0v) is 12.2. The number of fused-ring (bicyclic) bond motifs is 3. The molecule has 0 saturated heterocycles. The maximum absolute atomic E-state index is 3.35.